The Labute approximate surface area is 215 Å². The molecule has 0 radical (unpaired) electrons. The zero-order chi connectivity index (χ0) is 26.0. The molecule has 6 nitrogen and oxygen atoms in total. The average molecular weight is 494 g/mol. The molecule has 1 aliphatic heterocycles. The lowest BCUT2D eigenvalue weighted by Crippen LogP contribution is -2.42. The van der Waals surface area contributed by atoms with E-state index in [4.69, 9.17) is 14.2 Å². The second-order valence-electron chi connectivity index (χ2n) is 9.11. The van der Waals surface area contributed by atoms with Crippen LogP contribution in [0.4, 0.5) is 5.69 Å². The van der Waals surface area contributed by atoms with Crippen molar-refractivity contribution in [3.8, 4) is 11.5 Å². The predicted molar refractivity (Wildman–Crippen MR) is 144 cm³/mol. The van der Waals surface area contributed by atoms with Gasteiger partial charge in [-0.3, -0.25) is 4.79 Å². The zero-order valence-electron chi connectivity index (χ0n) is 20.9. The minimum absolute atomic E-state index is 0.118. The fourth-order valence-corrected chi connectivity index (χ4v) is 4.44. The number of anilines is 1. The van der Waals surface area contributed by atoms with Crippen LogP contribution in [0, 0.1) is 0 Å². The molecule has 6 heteroatoms. The number of carbonyl (C=O) groups excluding carboxylic acids is 2. The van der Waals surface area contributed by atoms with Crippen molar-refractivity contribution in [3.63, 3.8) is 0 Å². The maximum absolute atomic E-state index is 13.8. The molecule has 0 spiro atoms. The summed E-state index contributed by atoms with van der Waals surface area (Å²) in [5, 5.41) is 1.44. The Hall–Kier alpha value is -4.58. The number of ether oxygens (including phenoxy) is 3. The summed E-state index contributed by atoms with van der Waals surface area (Å²) in [6, 6.07) is 26.4. The molecule has 4 aromatic carbocycles. The molecule has 0 saturated heterocycles. The van der Waals surface area contributed by atoms with Gasteiger partial charge in [-0.25, -0.2) is 4.79 Å². The van der Waals surface area contributed by atoms with E-state index in [0.717, 1.165) is 16.6 Å². The summed E-state index contributed by atoms with van der Waals surface area (Å²) in [6.07, 6.45) is 3.53. The molecule has 0 saturated carbocycles. The number of esters is 2. The van der Waals surface area contributed by atoms with Crippen LogP contribution in [0.25, 0.3) is 16.8 Å². The Morgan fingerprint density at radius 3 is 2.24 bits per heavy atom. The molecule has 37 heavy (non-hydrogen) atoms. The molecule has 1 atom stereocenters. The SMILES string of the molecule is CC(=O)Oc1cc2c(c3ccccc13)OC(C(=O)OCc1ccccc1)(c1ccc(N(C)C)cc1)C=C2. The van der Waals surface area contributed by atoms with E-state index in [9.17, 15) is 9.59 Å². The Kier molecular flexibility index (Phi) is 6.40. The summed E-state index contributed by atoms with van der Waals surface area (Å²) in [6.45, 7) is 1.49. The Bertz CT molecular complexity index is 1490. The topological polar surface area (TPSA) is 65.1 Å². The van der Waals surface area contributed by atoms with Gasteiger partial charge < -0.3 is 19.1 Å². The third kappa shape index (κ3) is 4.66. The fraction of sp³-hybridized carbons (Fsp3) is 0.161. The highest BCUT2D eigenvalue weighted by atomic mass is 16.6. The van der Waals surface area contributed by atoms with Gasteiger partial charge in [-0.1, -0.05) is 72.8 Å². The highest BCUT2D eigenvalue weighted by molar-refractivity contribution is 5.99. The second-order valence-corrected chi connectivity index (χ2v) is 9.11. The lowest BCUT2D eigenvalue weighted by Gasteiger charge is -2.34. The molecule has 0 amide bonds. The molecule has 1 aliphatic rings. The normalized spacial score (nSPS) is 16.0. The van der Waals surface area contributed by atoms with Gasteiger partial charge in [-0.05, 0) is 29.8 Å². The van der Waals surface area contributed by atoms with E-state index in [1.54, 1.807) is 12.1 Å². The van der Waals surface area contributed by atoms with E-state index in [-0.39, 0.29) is 6.61 Å². The summed E-state index contributed by atoms with van der Waals surface area (Å²) < 4.78 is 17.9. The standard InChI is InChI=1S/C31H27NO5/c1-21(33)36-28-19-23-17-18-31(24-13-15-25(16-14-24)32(2)3,30(34)35-20-22-9-5-4-6-10-22)37-29(23)27-12-8-7-11-26(27)28/h4-19H,20H2,1-3H3. The van der Waals surface area contributed by atoms with Crippen molar-refractivity contribution in [2.75, 3.05) is 19.0 Å². The fourth-order valence-electron chi connectivity index (χ4n) is 4.44. The molecule has 0 aromatic heterocycles. The summed E-state index contributed by atoms with van der Waals surface area (Å²) >= 11 is 0. The second kappa shape index (κ2) is 9.82. The first-order chi connectivity index (χ1) is 17.9. The van der Waals surface area contributed by atoms with Crippen molar-refractivity contribution in [1.82, 2.24) is 0 Å². The van der Waals surface area contributed by atoms with Crippen molar-refractivity contribution in [1.29, 1.82) is 0 Å². The molecule has 0 fully saturated rings. The van der Waals surface area contributed by atoms with Crippen LogP contribution in [0.15, 0.2) is 91.0 Å². The van der Waals surface area contributed by atoms with Gasteiger partial charge in [0.15, 0.2) is 0 Å². The lowest BCUT2D eigenvalue weighted by molar-refractivity contribution is -0.160. The van der Waals surface area contributed by atoms with Crippen LogP contribution in [-0.4, -0.2) is 26.0 Å². The number of benzene rings is 4. The largest absolute Gasteiger partial charge is 0.465 e. The number of hydrogen-bond donors (Lipinski definition) is 0. The van der Waals surface area contributed by atoms with E-state index in [0.29, 0.717) is 28.0 Å². The lowest BCUT2D eigenvalue weighted by atomic mass is 9.89. The van der Waals surface area contributed by atoms with Gasteiger partial charge in [-0.15, -0.1) is 0 Å². The first-order valence-corrected chi connectivity index (χ1v) is 12.0. The van der Waals surface area contributed by atoms with Gasteiger partial charge >= 0.3 is 11.9 Å². The molecule has 1 unspecified atom stereocenters. The first-order valence-electron chi connectivity index (χ1n) is 12.0. The van der Waals surface area contributed by atoms with Crippen LogP contribution in [-0.2, 0) is 26.5 Å². The smallest absolute Gasteiger partial charge is 0.359 e. The maximum atomic E-state index is 13.8. The van der Waals surface area contributed by atoms with E-state index in [2.05, 4.69) is 0 Å². The molecule has 0 N–H and O–H groups in total. The maximum Gasteiger partial charge on any atom is 0.359 e. The highest BCUT2D eigenvalue weighted by Gasteiger charge is 2.45. The Balaban J connectivity index is 1.61. The van der Waals surface area contributed by atoms with Crippen LogP contribution in [0.1, 0.15) is 23.6 Å². The van der Waals surface area contributed by atoms with Gasteiger partial charge in [0.2, 0.25) is 5.60 Å². The third-order valence-electron chi connectivity index (χ3n) is 6.33. The van der Waals surface area contributed by atoms with Crippen LogP contribution in [0.5, 0.6) is 11.5 Å². The van der Waals surface area contributed by atoms with Crippen molar-refractivity contribution in [3.05, 3.63) is 108 Å². The molecule has 4 aromatic rings. The van der Waals surface area contributed by atoms with Gasteiger partial charge in [0.25, 0.3) is 0 Å². The number of rotatable bonds is 6. The van der Waals surface area contributed by atoms with Crippen molar-refractivity contribution in [2.45, 2.75) is 19.1 Å². The minimum Gasteiger partial charge on any atom is -0.465 e. The van der Waals surface area contributed by atoms with Crippen LogP contribution >= 0.6 is 0 Å². The van der Waals surface area contributed by atoms with Gasteiger partial charge in [0.1, 0.15) is 18.1 Å². The average Bonchev–Trinajstić information content (AvgIpc) is 2.92. The highest BCUT2D eigenvalue weighted by Crippen LogP contribution is 2.45. The predicted octanol–water partition coefficient (Wildman–Crippen LogP) is 5.88. The summed E-state index contributed by atoms with van der Waals surface area (Å²) in [4.78, 5) is 27.5. The van der Waals surface area contributed by atoms with Gasteiger partial charge in [0, 0.05) is 48.6 Å². The summed E-state index contributed by atoms with van der Waals surface area (Å²) in [5.41, 5.74) is 1.72. The van der Waals surface area contributed by atoms with Gasteiger partial charge in [0.05, 0.1) is 0 Å². The molecule has 0 aliphatic carbocycles. The number of carbonyl (C=O) groups is 2. The molecule has 0 bridgehead atoms. The van der Waals surface area contributed by atoms with Gasteiger partial charge in [-0.2, -0.15) is 0 Å². The molecule has 5 rings (SSSR count). The quantitative estimate of drug-likeness (QED) is 0.247. The van der Waals surface area contributed by atoms with E-state index < -0.39 is 17.5 Å². The number of nitrogens with zero attached hydrogens (tertiary/aromatic N) is 1. The molecular weight excluding hydrogens is 466 g/mol. The van der Waals surface area contributed by atoms with Crippen LogP contribution in [0.3, 0.4) is 0 Å². The van der Waals surface area contributed by atoms with E-state index >= 15 is 0 Å². The number of hydrogen-bond acceptors (Lipinski definition) is 6. The van der Waals surface area contributed by atoms with E-state index in [1.165, 1.54) is 6.92 Å². The zero-order valence-corrected chi connectivity index (χ0v) is 20.9. The summed E-state index contributed by atoms with van der Waals surface area (Å²) in [7, 11) is 3.91. The van der Waals surface area contributed by atoms with Crippen LogP contribution in [0.2, 0.25) is 0 Å². The van der Waals surface area contributed by atoms with E-state index in [1.807, 2.05) is 104 Å². The van der Waals surface area contributed by atoms with Crippen molar-refractivity contribution < 1.29 is 23.8 Å². The third-order valence-corrected chi connectivity index (χ3v) is 6.33. The molecule has 186 valence electrons. The first kappa shape index (κ1) is 24.1. The monoisotopic (exact) mass is 493 g/mol. The van der Waals surface area contributed by atoms with Crippen molar-refractivity contribution >= 4 is 34.5 Å². The minimum atomic E-state index is -1.50. The Morgan fingerprint density at radius 1 is 0.892 bits per heavy atom. The Morgan fingerprint density at radius 2 is 1.57 bits per heavy atom. The van der Waals surface area contributed by atoms with Crippen molar-refractivity contribution in [2.24, 2.45) is 0 Å². The number of fused-ring (bicyclic) bond motifs is 3. The van der Waals surface area contributed by atoms with Crippen LogP contribution < -0.4 is 14.4 Å². The molecular formula is C31H27NO5. The molecule has 1 heterocycles. The summed E-state index contributed by atoms with van der Waals surface area (Å²) in [5.74, 6) is 0.0153.